The number of hydrogen-bond donors (Lipinski definition) is 1. The van der Waals surface area contributed by atoms with Crippen molar-refractivity contribution in [2.75, 3.05) is 7.11 Å². The summed E-state index contributed by atoms with van der Waals surface area (Å²) in [6.07, 6.45) is 0. The van der Waals surface area contributed by atoms with Crippen LogP contribution in [0.4, 0.5) is 0 Å². The monoisotopic (exact) mass is 271 g/mol. The van der Waals surface area contributed by atoms with Gasteiger partial charge in [0.05, 0.1) is 7.11 Å². The molecule has 0 aliphatic heterocycles. The maximum absolute atomic E-state index is 5.39. The van der Waals surface area contributed by atoms with Gasteiger partial charge in [-0.3, -0.25) is 0 Å². The topological polar surface area (TPSA) is 21.3 Å². The first-order valence-electron chi connectivity index (χ1n) is 6.17. The Hall–Kier alpha value is -1.87. The number of methoxy groups -OCH3 is 1. The van der Waals surface area contributed by atoms with Gasteiger partial charge in [0.1, 0.15) is 10.7 Å². The summed E-state index contributed by atoms with van der Waals surface area (Å²) in [6.45, 7) is 2.85. The Morgan fingerprint density at radius 1 is 1.11 bits per heavy atom. The number of benzene rings is 2. The molecule has 98 valence electrons. The average molecular weight is 271 g/mol. The van der Waals surface area contributed by atoms with Crippen molar-refractivity contribution in [3.05, 3.63) is 65.2 Å². The van der Waals surface area contributed by atoms with Gasteiger partial charge < -0.3 is 10.1 Å². The van der Waals surface area contributed by atoms with E-state index in [4.69, 9.17) is 17.0 Å². The van der Waals surface area contributed by atoms with Gasteiger partial charge in [-0.05, 0) is 42.3 Å². The first-order chi connectivity index (χ1) is 9.20. The zero-order valence-corrected chi connectivity index (χ0v) is 12.0. The van der Waals surface area contributed by atoms with Crippen molar-refractivity contribution in [1.82, 2.24) is 5.32 Å². The maximum Gasteiger partial charge on any atom is 0.118 e. The van der Waals surface area contributed by atoms with E-state index in [0.29, 0.717) is 0 Å². The summed E-state index contributed by atoms with van der Waals surface area (Å²) in [6, 6.07) is 16.1. The number of ether oxygens (including phenoxy) is 1. The minimum atomic E-state index is 0.748. The van der Waals surface area contributed by atoms with Crippen LogP contribution < -0.4 is 10.1 Å². The van der Waals surface area contributed by atoms with Crippen LogP contribution in [0.1, 0.15) is 16.7 Å². The Labute approximate surface area is 119 Å². The zero-order chi connectivity index (χ0) is 13.7. The molecule has 0 radical (unpaired) electrons. The molecule has 2 nitrogen and oxygen atoms in total. The fraction of sp³-hybridized carbons (Fsp3) is 0.188. The number of aryl methyl sites for hydroxylation is 1. The number of thiocarbonyl (C=S) groups is 1. The standard InChI is InChI=1S/C16H17NOS/c1-12-5-3-4-6-14(12)11-17-16(19)13-7-9-15(18-2)10-8-13/h3-10H,11H2,1-2H3,(H,17,19). The highest BCUT2D eigenvalue weighted by Gasteiger charge is 2.02. The van der Waals surface area contributed by atoms with E-state index in [-0.39, 0.29) is 0 Å². The smallest absolute Gasteiger partial charge is 0.118 e. The largest absolute Gasteiger partial charge is 0.497 e. The van der Waals surface area contributed by atoms with Crippen LogP contribution in [0.5, 0.6) is 5.75 Å². The second-order valence-electron chi connectivity index (χ2n) is 4.34. The molecule has 0 aliphatic carbocycles. The number of nitrogens with one attached hydrogen (secondary N) is 1. The van der Waals surface area contributed by atoms with Crippen molar-refractivity contribution in [3.8, 4) is 5.75 Å². The molecule has 0 aliphatic rings. The molecule has 2 rings (SSSR count). The van der Waals surface area contributed by atoms with Gasteiger partial charge in [-0.25, -0.2) is 0 Å². The highest BCUT2D eigenvalue weighted by atomic mass is 32.1. The SMILES string of the molecule is COc1ccc(C(=S)NCc2ccccc2C)cc1. The van der Waals surface area contributed by atoms with E-state index < -0.39 is 0 Å². The molecule has 0 bridgehead atoms. The van der Waals surface area contributed by atoms with Gasteiger partial charge in [0, 0.05) is 12.1 Å². The molecular formula is C16H17NOS. The molecule has 1 N–H and O–H groups in total. The van der Waals surface area contributed by atoms with Crippen molar-refractivity contribution < 1.29 is 4.74 Å². The lowest BCUT2D eigenvalue weighted by atomic mass is 10.1. The fourth-order valence-electron chi connectivity index (χ4n) is 1.83. The Bertz CT molecular complexity index is 563. The first-order valence-corrected chi connectivity index (χ1v) is 6.58. The molecule has 0 spiro atoms. The van der Waals surface area contributed by atoms with Gasteiger partial charge in [0.25, 0.3) is 0 Å². The number of hydrogen-bond acceptors (Lipinski definition) is 2. The summed E-state index contributed by atoms with van der Waals surface area (Å²) < 4.78 is 5.13. The molecule has 3 heteroatoms. The second kappa shape index (κ2) is 6.34. The van der Waals surface area contributed by atoms with Crippen LogP contribution in [0, 0.1) is 6.92 Å². The fourth-order valence-corrected chi connectivity index (χ4v) is 2.04. The molecule has 0 heterocycles. The van der Waals surface area contributed by atoms with Crippen LogP contribution in [0.15, 0.2) is 48.5 Å². The third kappa shape index (κ3) is 3.55. The van der Waals surface area contributed by atoms with E-state index in [0.717, 1.165) is 22.8 Å². The summed E-state index contributed by atoms with van der Waals surface area (Å²) in [4.78, 5) is 0.755. The quantitative estimate of drug-likeness (QED) is 0.860. The summed E-state index contributed by atoms with van der Waals surface area (Å²) in [7, 11) is 1.66. The summed E-state index contributed by atoms with van der Waals surface area (Å²) in [5.41, 5.74) is 3.54. The van der Waals surface area contributed by atoms with Crippen LogP contribution >= 0.6 is 12.2 Å². The Morgan fingerprint density at radius 3 is 2.42 bits per heavy atom. The lowest BCUT2D eigenvalue weighted by Crippen LogP contribution is -2.22. The third-order valence-corrected chi connectivity index (χ3v) is 3.43. The molecule has 0 saturated heterocycles. The van der Waals surface area contributed by atoms with Gasteiger partial charge in [0.2, 0.25) is 0 Å². The van der Waals surface area contributed by atoms with Crippen molar-refractivity contribution in [3.63, 3.8) is 0 Å². The molecule has 2 aromatic rings. The Balaban J connectivity index is 1.99. The molecular weight excluding hydrogens is 254 g/mol. The zero-order valence-electron chi connectivity index (χ0n) is 11.1. The van der Waals surface area contributed by atoms with E-state index in [9.17, 15) is 0 Å². The van der Waals surface area contributed by atoms with Crippen LogP contribution in [0.2, 0.25) is 0 Å². The van der Waals surface area contributed by atoms with Crippen LogP contribution in [0.25, 0.3) is 0 Å². The minimum absolute atomic E-state index is 0.748. The van der Waals surface area contributed by atoms with E-state index in [1.165, 1.54) is 11.1 Å². The average Bonchev–Trinajstić information content (AvgIpc) is 2.46. The highest BCUT2D eigenvalue weighted by Crippen LogP contribution is 2.12. The van der Waals surface area contributed by atoms with Gasteiger partial charge in [-0.15, -0.1) is 0 Å². The Morgan fingerprint density at radius 2 is 1.79 bits per heavy atom. The van der Waals surface area contributed by atoms with Crippen LogP contribution in [-0.2, 0) is 6.54 Å². The lowest BCUT2D eigenvalue weighted by Gasteiger charge is -2.10. The number of rotatable bonds is 4. The molecule has 0 fully saturated rings. The lowest BCUT2D eigenvalue weighted by molar-refractivity contribution is 0.415. The van der Waals surface area contributed by atoms with Gasteiger partial charge in [0.15, 0.2) is 0 Å². The first kappa shape index (κ1) is 13.6. The van der Waals surface area contributed by atoms with Crippen LogP contribution in [-0.4, -0.2) is 12.1 Å². The summed E-state index contributed by atoms with van der Waals surface area (Å²) >= 11 is 5.39. The predicted molar refractivity (Wildman–Crippen MR) is 82.7 cm³/mol. The van der Waals surface area contributed by atoms with Crippen molar-refractivity contribution in [2.24, 2.45) is 0 Å². The second-order valence-corrected chi connectivity index (χ2v) is 4.75. The molecule has 0 atom stereocenters. The van der Waals surface area contributed by atoms with E-state index >= 15 is 0 Å². The van der Waals surface area contributed by atoms with Gasteiger partial charge in [-0.1, -0.05) is 36.5 Å². The summed E-state index contributed by atoms with van der Waals surface area (Å²) in [5.74, 6) is 0.838. The highest BCUT2D eigenvalue weighted by molar-refractivity contribution is 7.80. The molecule has 0 amide bonds. The normalized spacial score (nSPS) is 10.0. The molecule has 19 heavy (non-hydrogen) atoms. The van der Waals surface area contributed by atoms with E-state index in [2.05, 4.69) is 24.4 Å². The van der Waals surface area contributed by atoms with Crippen molar-refractivity contribution in [1.29, 1.82) is 0 Å². The van der Waals surface area contributed by atoms with Gasteiger partial charge in [-0.2, -0.15) is 0 Å². The molecule has 2 aromatic carbocycles. The van der Waals surface area contributed by atoms with E-state index in [1.54, 1.807) is 7.11 Å². The minimum Gasteiger partial charge on any atom is -0.497 e. The molecule has 0 aromatic heterocycles. The molecule has 0 unspecified atom stereocenters. The van der Waals surface area contributed by atoms with Crippen LogP contribution in [0.3, 0.4) is 0 Å². The Kier molecular flexibility index (Phi) is 4.53. The van der Waals surface area contributed by atoms with Crippen molar-refractivity contribution >= 4 is 17.2 Å². The third-order valence-electron chi connectivity index (χ3n) is 3.05. The summed E-state index contributed by atoms with van der Waals surface area (Å²) in [5, 5.41) is 3.28. The van der Waals surface area contributed by atoms with Crippen molar-refractivity contribution in [2.45, 2.75) is 13.5 Å². The molecule has 0 saturated carbocycles. The maximum atomic E-state index is 5.39. The predicted octanol–water partition coefficient (Wildman–Crippen LogP) is 3.47. The van der Waals surface area contributed by atoms with E-state index in [1.807, 2.05) is 36.4 Å². The van der Waals surface area contributed by atoms with Gasteiger partial charge >= 0.3 is 0 Å².